The van der Waals surface area contributed by atoms with Crippen molar-refractivity contribution < 1.29 is 9.18 Å². The number of amides is 1. The first-order valence-corrected chi connectivity index (χ1v) is 13.6. The summed E-state index contributed by atoms with van der Waals surface area (Å²) in [6, 6.07) is 22.6. The van der Waals surface area contributed by atoms with Crippen LogP contribution in [0.1, 0.15) is 60.4 Å². The van der Waals surface area contributed by atoms with E-state index in [1.807, 2.05) is 4.90 Å². The molecule has 0 aromatic heterocycles. The van der Waals surface area contributed by atoms with Gasteiger partial charge in [-0.2, -0.15) is 0 Å². The number of rotatable bonds is 5. The molecule has 36 heavy (non-hydrogen) atoms. The number of hydrogen-bond acceptors (Lipinski definition) is 2. The maximum Gasteiger partial charge on any atom is 0.258 e. The molecular formula is C30H31Cl2FN2O. The molecule has 5 rings (SSSR count). The molecule has 3 nitrogen and oxygen atoms in total. The molecule has 6 heteroatoms. The van der Waals surface area contributed by atoms with Gasteiger partial charge in [0.1, 0.15) is 5.82 Å². The predicted octanol–water partition coefficient (Wildman–Crippen LogP) is 7.97. The maximum atomic E-state index is 13.7. The van der Waals surface area contributed by atoms with Crippen LogP contribution in [-0.2, 0) is 0 Å². The van der Waals surface area contributed by atoms with Crippen LogP contribution in [0.3, 0.4) is 0 Å². The lowest BCUT2D eigenvalue weighted by atomic mass is 9.78. The smallest absolute Gasteiger partial charge is 0.258 e. The van der Waals surface area contributed by atoms with E-state index in [2.05, 4.69) is 35.2 Å². The van der Waals surface area contributed by atoms with Crippen molar-refractivity contribution in [1.82, 2.24) is 4.90 Å². The van der Waals surface area contributed by atoms with E-state index >= 15 is 0 Å². The fraction of sp³-hybridized carbons (Fsp3) is 0.367. The molecule has 0 spiro atoms. The van der Waals surface area contributed by atoms with Gasteiger partial charge in [0.05, 0.1) is 10.0 Å². The molecule has 2 aliphatic rings. The van der Waals surface area contributed by atoms with Gasteiger partial charge in [-0.15, -0.1) is 0 Å². The molecule has 1 heterocycles. The number of nitrogens with zero attached hydrogens (tertiary/aromatic N) is 2. The Balaban J connectivity index is 1.36. The summed E-state index contributed by atoms with van der Waals surface area (Å²) in [5.41, 5.74) is 2.62. The minimum absolute atomic E-state index is 0.0208. The highest BCUT2D eigenvalue weighted by Gasteiger charge is 2.36. The van der Waals surface area contributed by atoms with Gasteiger partial charge in [0.15, 0.2) is 0 Å². The summed E-state index contributed by atoms with van der Waals surface area (Å²) in [4.78, 5) is 18.2. The Hall–Kier alpha value is -2.40. The standard InChI is InChI=1S/C30H31Cl2FN2O/c31-27-15-10-22(20-28(27)32)30(36)35(24-13-11-23(33)12-14-24)25-16-18-34(19-17-25)29-9-5-4-8-26(29)21-6-2-1-3-7-21/h1-3,6-7,10-15,20,25-26,29H,4-5,8-9,16-19H2/t26-,29-/m1/s1. The molecule has 1 saturated carbocycles. The molecule has 1 aliphatic carbocycles. The minimum Gasteiger partial charge on any atom is -0.305 e. The lowest BCUT2D eigenvalue weighted by molar-refractivity contribution is 0.0895. The fourth-order valence-corrected chi connectivity index (χ4v) is 6.28. The first-order valence-electron chi connectivity index (χ1n) is 12.8. The molecule has 3 aromatic rings. The van der Waals surface area contributed by atoms with Crippen LogP contribution in [0.2, 0.25) is 10.0 Å². The zero-order chi connectivity index (χ0) is 25.1. The van der Waals surface area contributed by atoms with Gasteiger partial charge in [-0.25, -0.2) is 4.39 Å². The van der Waals surface area contributed by atoms with Crippen LogP contribution in [0.4, 0.5) is 10.1 Å². The first-order chi connectivity index (χ1) is 17.5. The number of piperidine rings is 1. The zero-order valence-corrected chi connectivity index (χ0v) is 21.8. The maximum absolute atomic E-state index is 13.7. The third kappa shape index (κ3) is 5.46. The Labute approximate surface area is 222 Å². The van der Waals surface area contributed by atoms with Gasteiger partial charge in [-0.1, -0.05) is 66.4 Å². The molecule has 0 bridgehead atoms. The van der Waals surface area contributed by atoms with Crippen LogP contribution in [0, 0.1) is 5.82 Å². The highest BCUT2D eigenvalue weighted by atomic mass is 35.5. The molecule has 1 amide bonds. The Morgan fingerprint density at radius 1 is 0.833 bits per heavy atom. The average molecular weight is 525 g/mol. The fourth-order valence-electron chi connectivity index (χ4n) is 5.98. The van der Waals surface area contributed by atoms with E-state index in [1.54, 1.807) is 30.3 Å². The summed E-state index contributed by atoms with van der Waals surface area (Å²) in [6.45, 7) is 1.87. The van der Waals surface area contributed by atoms with Crippen molar-refractivity contribution in [2.24, 2.45) is 0 Å². The molecule has 1 saturated heterocycles. The van der Waals surface area contributed by atoms with E-state index in [9.17, 15) is 9.18 Å². The van der Waals surface area contributed by atoms with E-state index in [1.165, 1.54) is 43.4 Å². The molecule has 188 valence electrons. The van der Waals surface area contributed by atoms with Crippen molar-refractivity contribution in [3.63, 3.8) is 0 Å². The molecule has 0 radical (unpaired) electrons. The van der Waals surface area contributed by atoms with Crippen molar-refractivity contribution in [2.45, 2.75) is 56.5 Å². The zero-order valence-electron chi connectivity index (χ0n) is 20.3. The third-order valence-electron chi connectivity index (χ3n) is 7.78. The second-order valence-corrected chi connectivity index (χ2v) is 10.7. The number of carbonyl (C=O) groups is 1. The Kier molecular flexibility index (Phi) is 7.95. The summed E-state index contributed by atoms with van der Waals surface area (Å²) in [5.74, 6) is 0.0979. The molecule has 0 N–H and O–H groups in total. The molecule has 2 fully saturated rings. The van der Waals surface area contributed by atoms with Gasteiger partial charge in [0, 0.05) is 36.4 Å². The summed E-state index contributed by atoms with van der Waals surface area (Å²) in [6.07, 6.45) is 6.72. The van der Waals surface area contributed by atoms with E-state index in [0.717, 1.165) is 25.9 Å². The lowest BCUT2D eigenvalue weighted by Gasteiger charge is -2.45. The topological polar surface area (TPSA) is 23.6 Å². The average Bonchev–Trinajstić information content (AvgIpc) is 2.92. The predicted molar refractivity (Wildman–Crippen MR) is 146 cm³/mol. The van der Waals surface area contributed by atoms with Gasteiger partial charge >= 0.3 is 0 Å². The largest absolute Gasteiger partial charge is 0.305 e. The lowest BCUT2D eigenvalue weighted by Crippen LogP contribution is -2.51. The summed E-state index contributed by atoms with van der Waals surface area (Å²) < 4.78 is 13.7. The minimum atomic E-state index is -0.320. The number of benzene rings is 3. The SMILES string of the molecule is O=C(c1ccc(Cl)c(Cl)c1)N(c1ccc(F)cc1)C1CCN([C@@H]2CCCC[C@@H]2c2ccccc2)CC1. The number of carbonyl (C=O) groups excluding carboxylic acids is 1. The number of hydrogen-bond donors (Lipinski definition) is 0. The van der Waals surface area contributed by atoms with Crippen LogP contribution in [0.5, 0.6) is 0 Å². The number of anilines is 1. The third-order valence-corrected chi connectivity index (χ3v) is 8.52. The van der Waals surface area contributed by atoms with E-state index in [4.69, 9.17) is 23.2 Å². The second-order valence-electron chi connectivity index (χ2n) is 9.92. The van der Waals surface area contributed by atoms with Crippen LogP contribution in [0.15, 0.2) is 72.8 Å². The Bertz CT molecular complexity index is 1180. The highest BCUT2D eigenvalue weighted by molar-refractivity contribution is 6.42. The molecular weight excluding hydrogens is 494 g/mol. The number of likely N-dealkylation sites (tertiary alicyclic amines) is 1. The van der Waals surface area contributed by atoms with Gasteiger partial charge in [0.2, 0.25) is 0 Å². The number of halogens is 3. The van der Waals surface area contributed by atoms with Crippen LogP contribution in [0.25, 0.3) is 0 Å². The normalized spacial score (nSPS) is 21.3. The summed E-state index contributed by atoms with van der Waals surface area (Å²) in [7, 11) is 0. The molecule has 2 atom stereocenters. The van der Waals surface area contributed by atoms with Crippen molar-refractivity contribution >= 4 is 34.8 Å². The monoisotopic (exact) mass is 524 g/mol. The van der Waals surface area contributed by atoms with E-state index in [0.29, 0.717) is 33.3 Å². The van der Waals surface area contributed by atoms with Crippen LogP contribution >= 0.6 is 23.2 Å². The Morgan fingerprint density at radius 2 is 1.53 bits per heavy atom. The van der Waals surface area contributed by atoms with Crippen molar-refractivity contribution in [2.75, 3.05) is 18.0 Å². The van der Waals surface area contributed by atoms with Crippen molar-refractivity contribution in [3.8, 4) is 0 Å². The van der Waals surface area contributed by atoms with Crippen LogP contribution < -0.4 is 4.90 Å². The Morgan fingerprint density at radius 3 is 2.22 bits per heavy atom. The van der Waals surface area contributed by atoms with Crippen molar-refractivity contribution in [1.29, 1.82) is 0 Å². The summed E-state index contributed by atoms with van der Waals surface area (Å²) >= 11 is 12.3. The second kappa shape index (κ2) is 11.3. The quantitative estimate of drug-likeness (QED) is 0.337. The van der Waals surface area contributed by atoms with E-state index in [-0.39, 0.29) is 17.8 Å². The highest BCUT2D eigenvalue weighted by Crippen LogP contribution is 2.38. The van der Waals surface area contributed by atoms with Crippen LogP contribution in [-0.4, -0.2) is 36.0 Å². The van der Waals surface area contributed by atoms with Gasteiger partial charge < -0.3 is 4.90 Å². The first kappa shape index (κ1) is 25.3. The van der Waals surface area contributed by atoms with Gasteiger partial charge in [0.25, 0.3) is 5.91 Å². The molecule has 0 unspecified atom stereocenters. The molecule has 3 aromatic carbocycles. The molecule has 1 aliphatic heterocycles. The van der Waals surface area contributed by atoms with Gasteiger partial charge in [-0.3, -0.25) is 9.69 Å². The van der Waals surface area contributed by atoms with E-state index < -0.39 is 0 Å². The van der Waals surface area contributed by atoms with Crippen molar-refractivity contribution in [3.05, 3.63) is 99.8 Å². The summed E-state index contributed by atoms with van der Waals surface area (Å²) in [5, 5.41) is 0.760. The van der Waals surface area contributed by atoms with Gasteiger partial charge in [-0.05, 0) is 79.6 Å².